The lowest BCUT2D eigenvalue weighted by Crippen LogP contribution is -2.20. The van der Waals surface area contributed by atoms with Crippen LogP contribution in [0.3, 0.4) is 0 Å². The molecular weight excluding hydrogens is 238 g/mol. The highest BCUT2D eigenvalue weighted by Gasteiger charge is 2.22. The second-order valence-corrected chi connectivity index (χ2v) is 6.57. The Bertz CT molecular complexity index is 320. The van der Waals surface area contributed by atoms with Crippen molar-refractivity contribution in [3.8, 4) is 0 Å². The molecule has 1 aromatic rings. The molecule has 2 N–H and O–H groups in total. The summed E-state index contributed by atoms with van der Waals surface area (Å²) in [6.07, 6.45) is 8.03. The largest absolute Gasteiger partial charge is 0.323 e. The van der Waals surface area contributed by atoms with E-state index in [1.54, 1.807) is 11.3 Å². The zero-order chi connectivity index (χ0) is 11.5. The van der Waals surface area contributed by atoms with Crippen LogP contribution in [-0.4, -0.2) is 0 Å². The summed E-state index contributed by atoms with van der Waals surface area (Å²) in [4.78, 5) is 1.27. The van der Waals surface area contributed by atoms with Crippen molar-refractivity contribution in [3.63, 3.8) is 0 Å². The van der Waals surface area contributed by atoms with Gasteiger partial charge in [-0.25, -0.2) is 0 Å². The Hall–Kier alpha value is -0.0500. The number of rotatable bonds is 2. The standard InChI is InChI=1S/C13H20ClNS/c1-9-8-11(16-13(9)14)12(15)10-6-4-2-3-5-7-10/h8,10,12H,2-7,15H2,1H3. The maximum atomic E-state index is 6.37. The van der Waals surface area contributed by atoms with Gasteiger partial charge in [-0.3, -0.25) is 0 Å². The molecule has 0 aromatic carbocycles. The Morgan fingerprint density at radius 3 is 2.44 bits per heavy atom. The van der Waals surface area contributed by atoms with Crippen LogP contribution in [0.4, 0.5) is 0 Å². The summed E-state index contributed by atoms with van der Waals surface area (Å²) >= 11 is 7.77. The van der Waals surface area contributed by atoms with Crippen molar-refractivity contribution >= 4 is 22.9 Å². The quantitative estimate of drug-likeness (QED) is 0.765. The first-order chi connectivity index (χ1) is 7.68. The van der Waals surface area contributed by atoms with E-state index >= 15 is 0 Å². The van der Waals surface area contributed by atoms with Crippen molar-refractivity contribution < 1.29 is 0 Å². The zero-order valence-electron chi connectivity index (χ0n) is 9.84. The highest BCUT2D eigenvalue weighted by Crippen LogP contribution is 2.37. The van der Waals surface area contributed by atoms with Gasteiger partial charge in [0.15, 0.2) is 0 Å². The molecule has 0 radical (unpaired) electrons. The van der Waals surface area contributed by atoms with Crippen LogP contribution in [0.1, 0.15) is 55.0 Å². The summed E-state index contributed by atoms with van der Waals surface area (Å²) in [6, 6.07) is 2.37. The van der Waals surface area contributed by atoms with Crippen LogP contribution in [-0.2, 0) is 0 Å². The van der Waals surface area contributed by atoms with Gasteiger partial charge in [-0.05, 0) is 37.3 Å². The van der Waals surface area contributed by atoms with E-state index in [0.29, 0.717) is 5.92 Å². The van der Waals surface area contributed by atoms with Gasteiger partial charge in [0.2, 0.25) is 0 Å². The highest BCUT2D eigenvalue weighted by atomic mass is 35.5. The number of hydrogen-bond acceptors (Lipinski definition) is 2. The average molecular weight is 258 g/mol. The number of hydrogen-bond donors (Lipinski definition) is 1. The monoisotopic (exact) mass is 257 g/mol. The smallest absolute Gasteiger partial charge is 0.0960 e. The fraction of sp³-hybridized carbons (Fsp3) is 0.692. The molecule has 3 heteroatoms. The van der Waals surface area contributed by atoms with Crippen molar-refractivity contribution in [2.45, 2.75) is 51.5 Å². The molecule has 1 nitrogen and oxygen atoms in total. The molecule has 1 aliphatic carbocycles. The second-order valence-electron chi connectivity index (χ2n) is 4.88. The molecule has 1 aromatic heterocycles. The van der Waals surface area contributed by atoms with Gasteiger partial charge in [0.25, 0.3) is 0 Å². The van der Waals surface area contributed by atoms with Gasteiger partial charge >= 0.3 is 0 Å². The maximum absolute atomic E-state index is 6.37. The molecule has 0 saturated heterocycles. The lowest BCUT2D eigenvalue weighted by molar-refractivity contribution is 0.386. The molecule has 1 fully saturated rings. The van der Waals surface area contributed by atoms with Crippen LogP contribution >= 0.6 is 22.9 Å². The molecule has 1 aliphatic rings. The van der Waals surface area contributed by atoms with Gasteiger partial charge in [0.05, 0.1) is 4.34 Å². The molecule has 1 heterocycles. The first kappa shape index (κ1) is 12.4. The number of thiophene rings is 1. The number of aryl methyl sites for hydroxylation is 1. The normalized spacial score (nSPS) is 20.7. The lowest BCUT2D eigenvalue weighted by Gasteiger charge is -2.21. The third-order valence-electron chi connectivity index (χ3n) is 3.61. The first-order valence-electron chi connectivity index (χ1n) is 6.20. The number of halogens is 1. The van der Waals surface area contributed by atoms with Gasteiger partial charge in [-0.1, -0.05) is 37.3 Å². The van der Waals surface area contributed by atoms with Crippen molar-refractivity contribution in [1.29, 1.82) is 0 Å². The average Bonchev–Trinajstić information content (AvgIpc) is 2.51. The molecule has 0 amide bonds. The van der Waals surface area contributed by atoms with E-state index < -0.39 is 0 Å². The maximum Gasteiger partial charge on any atom is 0.0960 e. The van der Waals surface area contributed by atoms with E-state index in [1.165, 1.54) is 49.0 Å². The van der Waals surface area contributed by atoms with Gasteiger partial charge in [-0.15, -0.1) is 11.3 Å². The van der Waals surface area contributed by atoms with Gasteiger partial charge in [0, 0.05) is 10.9 Å². The molecule has 1 saturated carbocycles. The zero-order valence-corrected chi connectivity index (χ0v) is 11.4. The lowest BCUT2D eigenvalue weighted by atomic mass is 9.91. The van der Waals surface area contributed by atoms with Crippen molar-refractivity contribution in [2.24, 2.45) is 11.7 Å². The Balaban J connectivity index is 2.07. The molecule has 1 atom stereocenters. The summed E-state index contributed by atoms with van der Waals surface area (Å²) in [5, 5.41) is 0. The minimum atomic E-state index is 0.203. The van der Waals surface area contributed by atoms with Gasteiger partial charge < -0.3 is 5.73 Å². The molecule has 0 bridgehead atoms. The van der Waals surface area contributed by atoms with E-state index in [-0.39, 0.29) is 6.04 Å². The summed E-state index contributed by atoms with van der Waals surface area (Å²) in [6.45, 7) is 2.06. The fourth-order valence-electron chi connectivity index (χ4n) is 2.55. The molecule has 1 unspecified atom stereocenters. The third-order valence-corrected chi connectivity index (χ3v) is 5.27. The predicted octanol–water partition coefficient (Wildman–Crippen LogP) is 4.68. The summed E-state index contributed by atoms with van der Waals surface area (Å²) < 4.78 is 0.902. The van der Waals surface area contributed by atoms with Crippen LogP contribution in [0.5, 0.6) is 0 Å². The first-order valence-corrected chi connectivity index (χ1v) is 7.39. The van der Waals surface area contributed by atoms with Gasteiger partial charge in [-0.2, -0.15) is 0 Å². The summed E-state index contributed by atoms with van der Waals surface area (Å²) in [5.41, 5.74) is 7.55. The number of nitrogens with two attached hydrogens (primary N) is 1. The molecule has 0 spiro atoms. The fourth-order valence-corrected chi connectivity index (χ4v) is 3.86. The molecule has 0 aliphatic heterocycles. The topological polar surface area (TPSA) is 26.0 Å². The molecule has 90 valence electrons. The van der Waals surface area contributed by atoms with Crippen LogP contribution in [0, 0.1) is 12.8 Å². The van der Waals surface area contributed by atoms with Crippen LogP contribution < -0.4 is 5.73 Å². The highest BCUT2D eigenvalue weighted by molar-refractivity contribution is 7.16. The second kappa shape index (κ2) is 5.52. The van der Waals surface area contributed by atoms with Crippen LogP contribution in [0.15, 0.2) is 6.07 Å². The van der Waals surface area contributed by atoms with Crippen LogP contribution in [0.25, 0.3) is 0 Å². The van der Waals surface area contributed by atoms with Crippen molar-refractivity contribution in [3.05, 3.63) is 20.8 Å². The van der Waals surface area contributed by atoms with Crippen molar-refractivity contribution in [2.75, 3.05) is 0 Å². The van der Waals surface area contributed by atoms with Crippen molar-refractivity contribution in [1.82, 2.24) is 0 Å². The molecule has 16 heavy (non-hydrogen) atoms. The van der Waals surface area contributed by atoms with Crippen LogP contribution in [0.2, 0.25) is 4.34 Å². The Morgan fingerprint density at radius 1 is 1.31 bits per heavy atom. The minimum Gasteiger partial charge on any atom is -0.323 e. The van der Waals surface area contributed by atoms with E-state index in [2.05, 4.69) is 13.0 Å². The molecular formula is C13H20ClNS. The summed E-state index contributed by atoms with van der Waals surface area (Å²) in [7, 11) is 0. The van der Waals surface area contributed by atoms with E-state index in [4.69, 9.17) is 17.3 Å². The SMILES string of the molecule is Cc1cc(C(N)C2CCCCCC2)sc1Cl. The van der Waals surface area contributed by atoms with E-state index in [9.17, 15) is 0 Å². The predicted molar refractivity (Wildman–Crippen MR) is 72.2 cm³/mol. The summed E-state index contributed by atoms with van der Waals surface area (Å²) in [5.74, 6) is 0.664. The Kier molecular flexibility index (Phi) is 4.28. The third kappa shape index (κ3) is 2.79. The van der Waals surface area contributed by atoms with Gasteiger partial charge in [0.1, 0.15) is 0 Å². The van der Waals surface area contributed by atoms with E-state index in [1.807, 2.05) is 0 Å². The van der Waals surface area contributed by atoms with E-state index in [0.717, 1.165) is 4.34 Å². The minimum absolute atomic E-state index is 0.203. The molecule has 2 rings (SSSR count). The Labute approximate surface area is 107 Å². The Morgan fingerprint density at radius 2 is 1.94 bits per heavy atom.